The third-order valence-corrected chi connectivity index (χ3v) is 2.39. The largest absolute Gasteiger partial charge is 0.489 e. The van der Waals surface area contributed by atoms with E-state index in [1.165, 1.54) is 18.2 Å². The number of hydrogen-bond acceptors (Lipinski definition) is 2. The first kappa shape index (κ1) is 12.3. The second-order valence-electron chi connectivity index (χ2n) is 3.68. The monoisotopic (exact) mass is 253 g/mol. The van der Waals surface area contributed by atoms with Crippen LogP contribution in [0.5, 0.6) is 5.75 Å². The molecule has 2 aromatic carbocycles. The van der Waals surface area contributed by atoms with E-state index in [0.717, 1.165) is 12.1 Å². The highest BCUT2D eigenvalue weighted by atomic mass is 19.2. The normalized spacial score (nSPS) is 10.4. The minimum Gasteiger partial charge on any atom is -0.489 e. The van der Waals surface area contributed by atoms with Crippen LogP contribution in [0.15, 0.2) is 36.4 Å². The predicted molar refractivity (Wildman–Crippen MR) is 61.5 cm³/mol. The van der Waals surface area contributed by atoms with Crippen LogP contribution in [0, 0.1) is 17.5 Å². The summed E-state index contributed by atoms with van der Waals surface area (Å²) < 4.78 is 44.2. The maximum atomic E-state index is 13.5. The van der Waals surface area contributed by atoms with Gasteiger partial charge in [-0.25, -0.2) is 13.2 Å². The van der Waals surface area contributed by atoms with Crippen LogP contribution in [-0.2, 0) is 6.61 Å². The summed E-state index contributed by atoms with van der Waals surface area (Å²) in [5, 5.41) is 0. The van der Waals surface area contributed by atoms with E-state index in [-0.39, 0.29) is 23.6 Å². The van der Waals surface area contributed by atoms with E-state index in [1.807, 2.05) is 0 Å². The zero-order valence-corrected chi connectivity index (χ0v) is 9.29. The Morgan fingerprint density at radius 3 is 2.50 bits per heavy atom. The van der Waals surface area contributed by atoms with E-state index < -0.39 is 17.5 Å². The first-order valence-corrected chi connectivity index (χ1v) is 5.18. The molecule has 5 heteroatoms. The third-order valence-electron chi connectivity index (χ3n) is 2.39. The number of ether oxygens (including phenoxy) is 1. The van der Waals surface area contributed by atoms with E-state index in [1.54, 1.807) is 6.07 Å². The Morgan fingerprint density at radius 1 is 1.00 bits per heavy atom. The molecule has 0 radical (unpaired) electrons. The van der Waals surface area contributed by atoms with Crippen LogP contribution in [0.1, 0.15) is 5.56 Å². The van der Waals surface area contributed by atoms with Crippen LogP contribution < -0.4 is 10.5 Å². The molecule has 0 aromatic heterocycles. The summed E-state index contributed by atoms with van der Waals surface area (Å²) in [4.78, 5) is 0. The van der Waals surface area contributed by atoms with E-state index in [4.69, 9.17) is 10.5 Å². The Kier molecular flexibility index (Phi) is 3.41. The second-order valence-corrected chi connectivity index (χ2v) is 3.68. The molecule has 2 N–H and O–H groups in total. The van der Waals surface area contributed by atoms with Gasteiger partial charge in [0.25, 0.3) is 0 Å². The van der Waals surface area contributed by atoms with Crippen molar-refractivity contribution in [3.05, 3.63) is 59.4 Å². The maximum Gasteiger partial charge on any atom is 0.162 e. The van der Waals surface area contributed by atoms with Gasteiger partial charge in [-0.1, -0.05) is 12.1 Å². The number of anilines is 1. The highest BCUT2D eigenvalue weighted by molar-refractivity contribution is 5.42. The van der Waals surface area contributed by atoms with Crippen molar-refractivity contribution in [2.24, 2.45) is 0 Å². The molecular formula is C13H10F3NO. The molecule has 0 amide bonds. The van der Waals surface area contributed by atoms with E-state index in [2.05, 4.69) is 0 Å². The molecule has 0 saturated heterocycles. The molecule has 0 heterocycles. The fraction of sp³-hybridized carbons (Fsp3) is 0.0769. The molecule has 0 aliphatic rings. The van der Waals surface area contributed by atoms with E-state index in [0.29, 0.717) is 0 Å². The molecule has 0 bridgehead atoms. The highest BCUT2D eigenvalue weighted by Crippen LogP contribution is 2.19. The molecule has 2 nitrogen and oxygen atoms in total. The first-order valence-electron chi connectivity index (χ1n) is 5.18. The van der Waals surface area contributed by atoms with Gasteiger partial charge in [0.15, 0.2) is 17.5 Å². The van der Waals surface area contributed by atoms with Crippen LogP contribution in [0.25, 0.3) is 0 Å². The third kappa shape index (κ3) is 2.56. The minimum absolute atomic E-state index is 0.0152. The molecule has 0 aliphatic heterocycles. The van der Waals surface area contributed by atoms with Gasteiger partial charge in [-0.3, -0.25) is 0 Å². The summed E-state index contributed by atoms with van der Waals surface area (Å²) in [7, 11) is 0. The zero-order valence-electron chi connectivity index (χ0n) is 9.29. The summed E-state index contributed by atoms with van der Waals surface area (Å²) in [5.41, 5.74) is 5.66. The van der Waals surface area contributed by atoms with Gasteiger partial charge in [0, 0.05) is 11.6 Å². The summed E-state index contributed by atoms with van der Waals surface area (Å²) in [6, 6.07) is 7.63. The minimum atomic E-state index is -1.01. The van der Waals surface area contributed by atoms with Gasteiger partial charge in [0.2, 0.25) is 0 Å². The Bertz CT molecular complexity index is 572. The van der Waals surface area contributed by atoms with Crippen LogP contribution in [0.4, 0.5) is 18.9 Å². The lowest BCUT2D eigenvalue weighted by molar-refractivity contribution is 0.297. The fourth-order valence-corrected chi connectivity index (χ4v) is 1.44. The smallest absolute Gasteiger partial charge is 0.162 e. The maximum absolute atomic E-state index is 13.5. The number of nitrogens with two attached hydrogens (primary N) is 1. The van der Waals surface area contributed by atoms with Crippen LogP contribution in [0.3, 0.4) is 0 Å². The van der Waals surface area contributed by atoms with Crippen molar-refractivity contribution in [1.82, 2.24) is 0 Å². The zero-order chi connectivity index (χ0) is 13.1. The van der Waals surface area contributed by atoms with Gasteiger partial charge in [-0.05, 0) is 18.2 Å². The van der Waals surface area contributed by atoms with Crippen molar-refractivity contribution in [3.8, 4) is 5.75 Å². The fourth-order valence-electron chi connectivity index (χ4n) is 1.44. The standard InChI is InChI=1S/C13H10F3NO/c14-10-5-4-9(6-11(10)15)18-7-8-2-1-3-12(17)13(8)16/h1-6H,7,17H2. The van der Waals surface area contributed by atoms with Crippen molar-refractivity contribution >= 4 is 5.69 Å². The molecule has 0 fully saturated rings. The molecular weight excluding hydrogens is 243 g/mol. The lowest BCUT2D eigenvalue weighted by Crippen LogP contribution is -2.01. The average Bonchev–Trinajstić information content (AvgIpc) is 2.35. The lowest BCUT2D eigenvalue weighted by Gasteiger charge is -2.08. The van der Waals surface area contributed by atoms with Crippen LogP contribution in [0.2, 0.25) is 0 Å². The molecule has 2 rings (SSSR count). The van der Waals surface area contributed by atoms with Crippen molar-refractivity contribution < 1.29 is 17.9 Å². The van der Waals surface area contributed by atoms with Gasteiger partial charge in [-0.15, -0.1) is 0 Å². The van der Waals surface area contributed by atoms with E-state index >= 15 is 0 Å². The Balaban J connectivity index is 2.11. The predicted octanol–water partition coefficient (Wildman–Crippen LogP) is 3.27. The molecule has 18 heavy (non-hydrogen) atoms. The SMILES string of the molecule is Nc1cccc(COc2ccc(F)c(F)c2)c1F. The molecule has 0 aliphatic carbocycles. The molecule has 2 aromatic rings. The van der Waals surface area contributed by atoms with Crippen molar-refractivity contribution in [1.29, 1.82) is 0 Å². The number of benzene rings is 2. The first-order chi connectivity index (χ1) is 8.58. The molecule has 0 saturated carbocycles. The lowest BCUT2D eigenvalue weighted by atomic mass is 10.2. The van der Waals surface area contributed by atoms with E-state index in [9.17, 15) is 13.2 Å². The molecule has 0 atom stereocenters. The Labute approximate surface area is 102 Å². The van der Waals surface area contributed by atoms with Gasteiger partial charge in [0.05, 0.1) is 5.69 Å². The van der Waals surface area contributed by atoms with Crippen LogP contribution in [-0.4, -0.2) is 0 Å². The topological polar surface area (TPSA) is 35.2 Å². The molecule has 0 spiro atoms. The van der Waals surface area contributed by atoms with Gasteiger partial charge in [0.1, 0.15) is 12.4 Å². The molecule has 94 valence electrons. The summed E-state index contributed by atoms with van der Waals surface area (Å²) in [6.45, 7) is -0.109. The highest BCUT2D eigenvalue weighted by Gasteiger charge is 2.07. The van der Waals surface area contributed by atoms with Gasteiger partial charge < -0.3 is 10.5 Å². The summed E-state index contributed by atoms with van der Waals surface area (Å²) in [5.74, 6) is -2.42. The Morgan fingerprint density at radius 2 is 1.78 bits per heavy atom. The molecule has 0 unspecified atom stereocenters. The number of rotatable bonds is 3. The van der Waals surface area contributed by atoms with Crippen molar-refractivity contribution in [2.45, 2.75) is 6.61 Å². The number of halogens is 3. The quantitative estimate of drug-likeness (QED) is 0.852. The van der Waals surface area contributed by atoms with Gasteiger partial charge >= 0.3 is 0 Å². The second kappa shape index (κ2) is 5.00. The Hall–Kier alpha value is -2.17. The van der Waals surface area contributed by atoms with Gasteiger partial charge in [-0.2, -0.15) is 0 Å². The number of nitrogen functional groups attached to an aromatic ring is 1. The van der Waals surface area contributed by atoms with Crippen molar-refractivity contribution in [2.75, 3.05) is 5.73 Å². The number of hydrogen-bond donors (Lipinski definition) is 1. The summed E-state index contributed by atoms with van der Waals surface area (Å²) in [6.07, 6.45) is 0. The van der Waals surface area contributed by atoms with Crippen LogP contribution >= 0.6 is 0 Å². The summed E-state index contributed by atoms with van der Waals surface area (Å²) >= 11 is 0. The van der Waals surface area contributed by atoms with Crippen molar-refractivity contribution in [3.63, 3.8) is 0 Å². The average molecular weight is 253 g/mol.